The van der Waals surface area contributed by atoms with E-state index in [9.17, 15) is 0 Å². The van der Waals surface area contributed by atoms with Gasteiger partial charge in [-0.25, -0.2) is 0 Å². The molecule has 0 aliphatic heterocycles. The molecule has 88 valence electrons. The summed E-state index contributed by atoms with van der Waals surface area (Å²) in [6.45, 7) is 5.78. The Bertz CT molecular complexity index is 522. The van der Waals surface area contributed by atoms with Gasteiger partial charge in [0.1, 0.15) is 0 Å². The zero-order chi connectivity index (χ0) is 12.3. The van der Waals surface area contributed by atoms with Crippen molar-refractivity contribution in [1.82, 2.24) is 10.2 Å². The topological polar surface area (TPSA) is 38.9 Å². The molecule has 1 aromatic heterocycles. The molecule has 0 aliphatic carbocycles. The number of benzene rings is 1. The molecule has 0 radical (unpaired) electrons. The maximum absolute atomic E-state index is 5.81. The Labute approximate surface area is 109 Å². The van der Waals surface area contributed by atoms with E-state index in [1.54, 1.807) is 12.1 Å². The highest BCUT2D eigenvalue weighted by molar-refractivity contribution is 7.99. The van der Waals surface area contributed by atoms with Gasteiger partial charge >= 0.3 is 0 Å². The molecule has 1 aromatic carbocycles. The second-order valence-corrected chi connectivity index (χ2v) is 4.99. The summed E-state index contributed by atoms with van der Waals surface area (Å²) >= 11 is 7.29. The number of thioether (sulfide) groups is 1. The Hall–Kier alpha value is -1.26. The van der Waals surface area contributed by atoms with E-state index in [1.807, 2.05) is 19.1 Å². The van der Waals surface area contributed by atoms with Crippen LogP contribution in [0.4, 0.5) is 0 Å². The van der Waals surface area contributed by atoms with E-state index in [0.29, 0.717) is 16.1 Å². The predicted octanol–water partition coefficient (Wildman–Crippen LogP) is 4.06. The highest BCUT2D eigenvalue weighted by atomic mass is 35.5. The van der Waals surface area contributed by atoms with E-state index >= 15 is 0 Å². The maximum Gasteiger partial charge on any atom is 0.277 e. The third-order valence-corrected chi connectivity index (χ3v) is 3.24. The van der Waals surface area contributed by atoms with Crippen molar-refractivity contribution in [3.63, 3.8) is 0 Å². The molecule has 0 fully saturated rings. The molecule has 17 heavy (non-hydrogen) atoms. The summed E-state index contributed by atoms with van der Waals surface area (Å²) < 4.78 is 5.52. The van der Waals surface area contributed by atoms with Crippen LogP contribution in [0.3, 0.4) is 0 Å². The first-order chi connectivity index (χ1) is 8.15. The second-order valence-electron chi connectivity index (χ2n) is 3.63. The van der Waals surface area contributed by atoms with Gasteiger partial charge in [-0.15, -0.1) is 10.2 Å². The third-order valence-electron chi connectivity index (χ3n) is 1.94. The normalized spacial score (nSPS) is 10.5. The molecule has 0 amide bonds. The summed E-state index contributed by atoms with van der Waals surface area (Å²) in [4.78, 5) is 0. The molecule has 1 heterocycles. The smallest absolute Gasteiger partial charge is 0.277 e. The van der Waals surface area contributed by atoms with Gasteiger partial charge in [0, 0.05) is 16.3 Å². The van der Waals surface area contributed by atoms with Crippen molar-refractivity contribution < 1.29 is 4.42 Å². The van der Waals surface area contributed by atoms with E-state index in [1.165, 1.54) is 11.8 Å². The van der Waals surface area contributed by atoms with Gasteiger partial charge in [-0.3, -0.25) is 0 Å². The summed E-state index contributed by atoms with van der Waals surface area (Å²) in [7, 11) is 0. The van der Waals surface area contributed by atoms with Gasteiger partial charge in [-0.05, 0) is 31.2 Å². The number of hydrogen-bond donors (Lipinski definition) is 0. The van der Waals surface area contributed by atoms with E-state index in [2.05, 4.69) is 16.8 Å². The second kappa shape index (κ2) is 5.38. The Kier molecular flexibility index (Phi) is 3.86. The van der Waals surface area contributed by atoms with Gasteiger partial charge in [0.25, 0.3) is 5.22 Å². The number of halogens is 1. The summed E-state index contributed by atoms with van der Waals surface area (Å²) in [6.07, 6.45) is 0. The Balaban J connectivity index is 2.12. The van der Waals surface area contributed by atoms with E-state index in [0.717, 1.165) is 16.9 Å². The van der Waals surface area contributed by atoms with Crippen molar-refractivity contribution in [3.8, 4) is 11.5 Å². The first-order valence-electron chi connectivity index (χ1n) is 5.02. The zero-order valence-corrected chi connectivity index (χ0v) is 10.9. The van der Waals surface area contributed by atoms with E-state index in [-0.39, 0.29) is 0 Å². The molecule has 0 saturated heterocycles. The molecule has 2 aromatic rings. The molecule has 0 bridgehead atoms. The van der Waals surface area contributed by atoms with Crippen LogP contribution >= 0.6 is 23.4 Å². The largest absolute Gasteiger partial charge is 0.411 e. The fourth-order valence-electron chi connectivity index (χ4n) is 1.16. The minimum absolute atomic E-state index is 0.505. The van der Waals surface area contributed by atoms with E-state index in [4.69, 9.17) is 16.0 Å². The number of rotatable bonds is 4. The fourth-order valence-corrected chi connectivity index (χ4v) is 1.89. The van der Waals surface area contributed by atoms with Crippen LogP contribution in [-0.4, -0.2) is 16.0 Å². The van der Waals surface area contributed by atoms with Crippen LogP contribution in [0, 0.1) is 0 Å². The van der Waals surface area contributed by atoms with Crippen molar-refractivity contribution >= 4 is 23.4 Å². The predicted molar refractivity (Wildman–Crippen MR) is 70.3 cm³/mol. The maximum atomic E-state index is 5.81. The monoisotopic (exact) mass is 266 g/mol. The molecule has 0 unspecified atom stereocenters. The van der Waals surface area contributed by atoms with Gasteiger partial charge in [-0.1, -0.05) is 35.5 Å². The van der Waals surface area contributed by atoms with Crippen molar-refractivity contribution in [2.45, 2.75) is 12.1 Å². The van der Waals surface area contributed by atoms with Crippen LogP contribution in [0.5, 0.6) is 0 Å². The molecule has 3 nitrogen and oxygen atoms in total. The van der Waals surface area contributed by atoms with Crippen LogP contribution in [-0.2, 0) is 0 Å². The van der Waals surface area contributed by atoms with Crippen molar-refractivity contribution in [2.75, 3.05) is 5.75 Å². The van der Waals surface area contributed by atoms with Crippen LogP contribution in [0.25, 0.3) is 11.5 Å². The number of nitrogens with zero attached hydrogens (tertiary/aromatic N) is 2. The number of hydrogen-bond acceptors (Lipinski definition) is 4. The first kappa shape index (κ1) is 12.2. The van der Waals surface area contributed by atoms with Gasteiger partial charge in [0.15, 0.2) is 0 Å². The highest BCUT2D eigenvalue weighted by Gasteiger charge is 2.08. The minimum Gasteiger partial charge on any atom is -0.411 e. The third kappa shape index (κ3) is 3.35. The Morgan fingerprint density at radius 3 is 2.71 bits per heavy atom. The highest BCUT2D eigenvalue weighted by Crippen LogP contribution is 2.24. The van der Waals surface area contributed by atoms with Crippen molar-refractivity contribution in [2.24, 2.45) is 0 Å². The molecular weight excluding hydrogens is 256 g/mol. The van der Waals surface area contributed by atoms with Crippen LogP contribution in [0.15, 0.2) is 46.1 Å². The fraction of sp³-hybridized carbons (Fsp3) is 0.167. The molecule has 0 aliphatic rings. The van der Waals surface area contributed by atoms with Crippen LogP contribution in [0.2, 0.25) is 5.02 Å². The summed E-state index contributed by atoms with van der Waals surface area (Å²) in [5.41, 5.74) is 1.94. The van der Waals surface area contributed by atoms with Crippen molar-refractivity contribution in [1.29, 1.82) is 0 Å². The standard InChI is InChI=1S/C12H11ClN2OS/c1-8(2)7-17-12-15-14-11(16-12)9-3-5-10(13)6-4-9/h3-6H,1,7H2,2H3. The molecular formula is C12H11ClN2OS. The van der Waals surface area contributed by atoms with Gasteiger partial charge in [-0.2, -0.15) is 0 Å². The lowest BCUT2D eigenvalue weighted by Crippen LogP contribution is -1.78. The molecule has 2 rings (SSSR count). The van der Waals surface area contributed by atoms with Crippen molar-refractivity contribution in [3.05, 3.63) is 41.4 Å². The Morgan fingerprint density at radius 2 is 2.06 bits per heavy atom. The molecule has 0 spiro atoms. The summed E-state index contributed by atoms with van der Waals surface area (Å²) in [5.74, 6) is 1.29. The molecule has 0 N–H and O–H groups in total. The molecule has 0 saturated carbocycles. The average Bonchev–Trinajstić information content (AvgIpc) is 2.76. The minimum atomic E-state index is 0.505. The van der Waals surface area contributed by atoms with Crippen LogP contribution in [0.1, 0.15) is 6.92 Å². The lowest BCUT2D eigenvalue weighted by molar-refractivity contribution is 0.466. The molecule has 5 heteroatoms. The van der Waals surface area contributed by atoms with Gasteiger partial charge < -0.3 is 4.42 Å². The number of aromatic nitrogens is 2. The first-order valence-corrected chi connectivity index (χ1v) is 6.38. The molecule has 0 atom stereocenters. The Morgan fingerprint density at radius 1 is 1.35 bits per heavy atom. The van der Waals surface area contributed by atoms with E-state index < -0.39 is 0 Å². The quantitative estimate of drug-likeness (QED) is 0.618. The lowest BCUT2D eigenvalue weighted by atomic mass is 10.2. The zero-order valence-electron chi connectivity index (χ0n) is 9.31. The SMILES string of the molecule is C=C(C)CSc1nnc(-c2ccc(Cl)cc2)o1. The lowest BCUT2D eigenvalue weighted by Gasteiger charge is -1.95. The summed E-state index contributed by atoms with van der Waals surface area (Å²) in [5, 5.41) is 9.18. The average molecular weight is 267 g/mol. The van der Waals surface area contributed by atoms with Gasteiger partial charge in [0.05, 0.1) is 0 Å². The summed E-state index contributed by atoms with van der Waals surface area (Å²) in [6, 6.07) is 7.29. The van der Waals surface area contributed by atoms with Crippen LogP contribution < -0.4 is 0 Å². The van der Waals surface area contributed by atoms with Gasteiger partial charge in [0.2, 0.25) is 5.89 Å².